The largest absolute Gasteiger partial charge is 0.356 e. The summed E-state index contributed by atoms with van der Waals surface area (Å²) < 4.78 is 0. The van der Waals surface area contributed by atoms with Crippen LogP contribution in [0.15, 0.2) is 0 Å². The average Bonchev–Trinajstić information content (AvgIpc) is 2.48. The first-order chi connectivity index (χ1) is 9.66. The van der Waals surface area contributed by atoms with Crippen LogP contribution in [-0.2, 0) is 9.59 Å². The van der Waals surface area contributed by atoms with E-state index < -0.39 is 0 Å². The maximum absolute atomic E-state index is 12.2. The van der Waals surface area contributed by atoms with Crippen LogP contribution in [0.25, 0.3) is 0 Å². The summed E-state index contributed by atoms with van der Waals surface area (Å²) in [6.07, 6.45) is 9.73. The van der Waals surface area contributed by atoms with Crippen molar-refractivity contribution in [2.75, 3.05) is 19.6 Å². The maximum Gasteiger partial charge on any atom is 0.224 e. The van der Waals surface area contributed by atoms with Gasteiger partial charge in [0.2, 0.25) is 11.8 Å². The topological polar surface area (TPSA) is 49.4 Å². The molecule has 2 fully saturated rings. The molecule has 2 rings (SSSR count). The minimum Gasteiger partial charge on any atom is -0.356 e. The van der Waals surface area contributed by atoms with Gasteiger partial charge in [-0.2, -0.15) is 0 Å². The number of rotatable bonds is 4. The van der Waals surface area contributed by atoms with E-state index in [1.165, 1.54) is 32.1 Å². The predicted molar refractivity (Wildman–Crippen MR) is 79.2 cm³/mol. The van der Waals surface area contributed by atoms with Gasteiger partial charge in [0.1, 0.15) is 0 Å². The van der Waals surface area contributed by atoms with E-state index in [2.05, 4.69) is 5.32 Å². The van der Waals surface area contributed by atoms with Crippen LogP contribution in [0, 0.1) is 11.8 Å². The molecule has 0 aromatic carbocycles. The summed E-state index contributed by atoms with van der Waals surface area (Å²) in [4.78, 5) is 25.3. The second kappa shape index (κ2) is 7.65. The summed E-state index contributed by atoms with van der Waals surface area (Å²) in [6, 6.07) is 0. The predicted octanol–water partition coefficient (Wildman–Crippen LogP) is 2.33. The Morgan fingerprint density at radius 2 is 1.85 bits per heavy atom. The smallest absolute Gasteiger partial charge is 0.224 e. The van der Waals surface area contributed by atoms with E-state index in [4.69, 9.17) is 0 Å². The van der Waals surface area contributed by atoms with Crippen molar-refractivity contribution in [1.29, 1.82) is 0 Å². The molecule has 1 saturated carbocycles. The first-order valence-electron chi connectivity index (χ1n) is 8.20. The van der Waals surface area contributed by atoms with Crippen molar-refractivity contribution in [3.63, 3.8) is 0 Å². The Morgan fingerprint density at radius 3 is 2.55 bits per heavy atom. The zero-order valence-corrected chi connectivity index (χ0v) is 12.7. The first-order valence-corrected chi connectivity index (χ1v) is 8.20. The molecule has 0 bridgehead atoms. The molecular weight excluding hydrogens is 252 g/mol. The van der Waals surface area contributed by atoms with E-state index >= 15 is 0 Å². The monoisotopic (exact) mass is 280 g/mol. The van der Waals surface area contributed by atoms with Gasteiger partial charge in [-0.05, 0) is 25.2 Å². The van der Waals surface area contributed by atoms with Crippen LogP contribution >= 0.6 is 0 Å². The van der Waals surface area contributed by atoms with Gasteiger partial charge in [-0.1, -0.05) is 32.1 Å². The van der Waals surface area contributed by atoms with Gasteiger partial charge in [0.25, 0.3) is 0 Å². The van der Waals surface area contributed by atoms with Gasteiger partial charge in [0.15, 0.2) is 0 Å². The molecule has 2 amide bonds. The molecule has 1 atom stereocenters. The normalized spacial score (nSPS) is 24.4. The Morgan fingerprint density at radius 1 is 1.10 bits per heavy atom. The highest BCUT2D eigenvalue weighted by Crippen LogP contribution is 2.25. The summed E-state index contributed by atoms with van der Waals surface area (Å²) in [5, 5.41) is 3.08. The van der Waals surface area contributed by atoms with Crippen LogP contribution in [0.4, 0.5) is 0 Å². The van der Waals surface area contributed by atoms with Gasteiger partial charge in [0, 0.05) is 26.6 Å². The first kappa shape index (κ1) is 15.3. The van der Waals surface area contributed by atoms with E-state index in [0.29, 0.717) is 6.54 Å². The Balaban J connectivity index is 1.67. The van der Waals surface area contributed by atoms with Crippen molar-refractivity contribution in [3.05, 3.63) is 0 Å². The number of carbonyl (C=O) groups is 2. The zero-order valence-electron chi connectivity index (χ0n) is 12.7. The molecule has 0 spiro atoms. The molecule has 1 unspecified atom stereocenters. The SMILES string of the molecule is CC(=O)N1CCCC(C(=O)NCCC2CCCCC2)C1. The highest BCUT2D eigenvalue weighted by Gasteiger charge is 2.26. The lowest BCUT2D eigenvalue weighted by Crippen LogP contribution is -2.45. The molecule has 1 aliphatic heterocycles. The summed E-state index contributed by atoms with van der Waals surface area (Å²) in [5.74, 6) is 1.04. The highest BCUT2D eigenvalue weighted by molar-refractivity contribution is 5.80. The van der Waals surface area contributed by atoms with Crippen molar-refractivity contribution in [1.82, 2.24) is 10.2 Å². The summed E-state index contributed by atoms with van der Waals surface area (Å²) >= 11 is 0. The molecule has 2 aliphatic rings. The van der Waals surface area contributed by atoms with E-state index in [-0.39, 0.29) is 17.7 Å². The summed E-state index contributed by atoms with van der Waals surface area (Å²) in [7, 11) is 0. The lowest BCUT2D eigenvalue weighted by atomic mass is 9.87. The third-order valence-corrected chi connectivity index (χ3v) is 4.81. The molecule has 20 heavy (non-hydrogen) atoms. The third-order valence-electron chi connectivity index (χ3n) is 4.81. The summed E-state index contributed by atoms with van der Waals surface area (Å²) in [5.41, 5.74) is 0. The van der Waals surface area contributed by atoms with Crippen molar-refractivity contribution < 1.29 is 9.59 Å². The molecule has 4 heteroatoms. The zero-order chi connectivity index (χ0) is 14.4. The molecule has 0 aromatic rings. The number of hydrogen-bond acceptors (Lipinski definition) is 2. The Kier molecular flexibility index (Phi) is 5.86. The van der Waals surface area contributed by atoms with Gasteiger partial charge in [-0.15, -0.1) is 0 Å². The number of nitrogens with one attached hydrogen (secondary N) is 1. The molecule has 1 aliphatic carbocycles. The molecule has 0 aromatic heterocycles. The van der Waals surface area contributed by atoms with Crippen molar-refractivity contribution >= 4 is 11.8 Å². The van der Waals surface area contributed by atoms with Gasteiger partial charge >= 0.3 is 0 Å². The van der Waals surface area contributed by atoms with Gasteiger partial charge < -0.3 is 10.2 Å². The number of hydrogen-bond donors (Lipinski definition) is 1. The average molecular weight is 280 g/mol. The number of carbonyl (C=O) groups excluding carboxylic acids is 2. The van der Waals surface area contributed by atoms with E-state index in [9.17, 15) is 9.59 Å². The fraction of sp³-hybridized carbons (Fsp3) is 0.875. The van der Waals surface area contributed by atoms with Gasteiger partial charge in [-0.3, -0.25) is 9.59 Å². The van der Waals surface area contributed by atoms with Crippen LogP contribution in [0.1, 0.15) is 58.3 Å². The minimum absolute atomic E-state index is 0.000921. The van der Waals surface area contributed by atoms with Crippen molar-refractivity contribution in [2.45, 2.75) is 58.3 Å². The van der Waals surface area contributed by atoms with E-state index in [1.54, 1.807) is 11.8 Å². The van der Waals surface area contributed by atoms with Crippen LogP contribution in [0.3, 0.4) is 0 Å². The summed E-state index contributed by atoms with van der Waals surface area (Å²) in [6.45, 7) is 3.80. The van der Waals surface area contributed by atoms with Crippen LogP contribution in [0.5, 0.6) is 0 Å². The maximum atomic E-state index is 12.2. The van der Waals surface area contributed by atoms with E-state index in [1.807, 2.05) is 0 Å². The Hall–Kier alpha value is -1.06. The number of amides is 2. The highest BCUT2D eigenvalue weighted by atomic mass is 16.2. The number of piperidine rings is 1. The second-order valence-electron chi connectivity index (χ2n) is 6.39. The van der Waals surface area contributed by atoms with E-state index in [0.717, 1.165) is 38.3 Å². The molecule has 114 valence electrons. The Bertz CT molecular complexity index is 337. The molecule has 1 N–H and O–H groups in total. The van der Waals surface area contributed by atoms with Crippen LogP contribution in [-0.4, -0.2) is 36.3 Å². The second-order valence-corrected chi connectivity index (χ2v) is 6.39. The fourth-order valence-electron chi connectivity index (χ4n) is 3.50. The molecular formula is C16H28N2O2. The number of nitrogens with zero attached hydrogens (tertiary/aromatic N) is 1. The van der Waals surface area contributed by atoms with Gasteiger partial charge in [0.05, 0.1) is 5.92 Å². The fourth-order valence-corrected chi connectivity index (χ4v) is 3.50. The Labute approximate surface area is 122 Å². The van der Waals surface area contributed by atoms with Crippen molar-refractivity contribution in [2.24, 2.45) is 11.8 Å². The van der Waals surface area contributed by atoms with Crippen molar-refractivity contribution in [3.8, 4) is 0 Å². The minimum atomic E-state index is -0.000921. The number of likely N-dealkylation sites (tertiary alicyclic amines) is 1. The molecule has 1 heterocycles. The molecule has 4 nitrogen and oxygen atoms in total. The molecule has 0 radical (unpaired) electrons. The lowest BCUT2D eigenvalue weighted by Gasteiger charge is -2.31. The molecule has 1 saturated heterocycles. The lowest BCUT2D eigenvalue weighted by molar-refractivity contribution is -0.133. The van der Waals surface area contributed by atoms with Crippen LogP contribution in [0.2, 0.25) is 0 Å². The quantitative estimate of drug-likeness (QED) is 0.859. The van der Waals surface area contributed by atoms with Crippen LogP contribution < -0.4 is 5.32 Å². The standard InChI is InChI=1S/C16H28N2O2/c1-13(19)18-11-5-8-15(12-18)16(20)17-10-9-14-6-3-2-4-7-14/h14-15H,2-12H2,1H3,(H,17,20). The van der Waals surface area contributed by atoms with Gasteiger partial charge in [-0.25, -0.2) is 0 Å². The third kappa shape index (κ3) is 4.50.